The molecular formula is C16H21N3OS. The van der Waals surface area contributed by atoms with Crippen LogP contribution in [-0.4, -0.2) is 34.7 Å². The maximum Gasteiger partial charge on any atom is 0.187 e. The van der Waals surface area contributed by atoms with Crippen molar-refractivity contribution in [3.05, 3.63) is 40.9 Å². The Morgan fingerprint density at radius 3 is 3.05 bits per heavy atom. The molecule has 1 aliphatic heterocycles. The van der Waals surface area contributed by atoms with E-state index in [1.54, 1.807) is 11.3 Å². The third kappa shape index (κ3) is 3.61. The van der Waals surface area contributed by atoms with Crippen LogP contribution in [0.5, 0.6) is 0 Å². The number of aliphatic hydroxyl groups is 1. The number of para-hydroxylation sites is 1. The Hall–Kier alpha value is -1.43. The van der Waals surface area contributed by atoms with Crippen LogP contribution in [0.4, 0.5) is 10.8 Å². The fourth-order valence-electron chi connectivity index (χ4n) is 2.70. The molecule has 1 aliphatic rings. The molecule has 0 saturated carbocycles. The summed E-state index contributed by atoms with van der Waals surface area (Å²) in [6.45, 7) is 5.31. The van der Waals surface area contributed by atoms with Gasteiger partial charge in [0, 0.05) is 30.8 Å². The van der Waals surface area contributed by atoms with Crippen molar-refractivity contribution >= 4 is 22.2 Å². The highest BCUT2D eigenvalue weighted by molar-refractivity contribution is 7.13. The molecule has 1 aromatic carbocycles. The predicted molar refractivity (Wildman–Crippen MR) is 87.0 cm³/mol. The molecule has 2 N–H and O–H groups in total. The molecule has 21 heavy (non-hydrogen) atoms. The Morgan fingerprint density at radius 1 is 1.43 bits per heavy atom. The molecule has 1 atom stereocenters. The number of anilines is 2. The minimum atomic E-state index is 0.299. The molecule has 5 heteroatoms. The topological polar surface area (TPSA) is 48.4 Å². The lowest BCUT2D eigenvalue weighted by Crippen LogP contribution is -2.21. The third-order valence-electron chi connectivity index (χ3n) is 3.95. The average Bonchev–Trinajstić information content (AvgIpc) is 3.11. The highest BCUT2D eigenvalue weighted by Gasteiger charge is 2.22. The molecule has 0 bridgehead atoms. The summed E-state index contributed by atoms with van der Waals surface area (Å²) in [5.74, 6) is 0.438. The molecule has 1 aromatic heterocycles. The highest BCUT2D eigenvalue weighted by Crippen LogP contribution is 2.25. The largest absolute Gasteiger partial charge is 0.396 e. The first-order chi connectivity index (χ1) is 10.2. The van der Waals surface area contributed by atoms with E-state index < -0.39 is 0 Å². The second-order valence-corrected chi connectivity index (χ2v) is 6.51. The maximum atomic E-state index is 9.19. The quantitative estimate of drug-likeness (QED) is 0.891. The fraction of sp³-hybridized carbons (Fsp3) is 0.438. The molecule has 1 unspecified atom stereocenters. The summed E-state index contributed by atoms with van der Waals surface area (Å²) in [6.07, 6.45) is 1.09. The van der Waals surface area contributed by atoms with E-state index in [0.29, 0.717) is 12.5 Å². The number of rotatable bonds is 5. The second kappa shape index (κ2) is 6.56. The summed E-state index contributed by atoms with van der Waals surface area (Å²) in [7, 11) is 0. The van der Waals surface area contributed by atoms with E-state index in [-0.39, 0.29) is 0 Å². The van der Waals surface area contributed by atoms with E-state index >= 15 is 0 Å². The first kappa shape index (κ1) is 14.5. The zero-order chi connectivity index (χ0) is 14.7. The third-order valence-corrected chi connectivity index (χ3v) is 4.76. The number of nitrogens with one attached hydrogen (secondary N) is 1. The van der Waals surface area contributed by atoms with Gasteiger partial charge >= 0.3 is 0 Å². The first-order valence-electron chi connectivity index (χ1n) is 7.35. The van der Waals surface area contributed by atoms with Gasteiger partial charge in [-0.15, -0.1) is 11.3 Å². The number of hydrogen-bond donors (Lipinski definition) is 2. The minimum Gasteiger partial charge on any atom is -0.396 e. The van der Waals surface area contributed by atoms with Crippen LogP contribution in [0, 0.1) is 12.8 Å². The normalized spacial score (nSPS) is 19.0. The lowest BCUT2D eigenvalue weighted by atomic mass is 10.1. The molecule has 1 fully saturated rings. The molecule has 4 nitrogen and oxygen atoms in total. The number of benzene rings is 1. The van der Waals surface area contributed by atoms with Crippen molar-refractivity contribution in [2.75, 3.05) is 25.0 Å². The van der Waals surface area contributed by atoms with Gasteiger partial charge in [0.15, 0.2) is 5.13 Å². The number of nitrogens with zero attached hydrogens (tertiary/aromatic N) is 2. The monoisotopic (exact) mass is 303 g/mol. The minimum absolute atomic E-state index is 0.299. The predicted octanol–water partition coefficient (Wildman–Crippen LogP) is 3.01. The summed E-state index contributed by atoms with van der Waals surface area (Å²) in [6, 6.07) is 8.24. The number of aryl methyl sites for hydroxylation is 1. The number of thiazole rings is 1. The zero-order valence-electron chi connectivity index (χ0n) is 12.2. The van der Waals surface area contributed by atoms with Crippen LogP contribution in [0.3, 0.4) is 0 Å². The van der Waals surface area contributed by atoms with E-state index in [1.807, 2.05) is 12.1 Å². The van der Waals surface area contributed by atoms with Crippen LogP contribution in [0.15, 0.2) is 29.6 Å². The number of aliphatic hydroxyl groups excluding tert-OH is 1. The summed E-state index contributed by atoms with van der Waals surface area (Å²) in [5.41, 5.74) is 3.44. The maximum absolute atomic E-state index is 9.19. The average molecular weight is 303 g/mol. The van der Waals surface area contributed by atoms with Crippen molar-refractivity contribution in [1.82, 2.24) is 9.88 Å². The van der Waals surface area contributed by atoms with E-state index in [9.17, 15) is 5.11 Å². The van der Waals surface area contributed by atoms with Gasteiger partial charge in [-0.25, -0.2) is 4.98 Å². The van der Waals surface area contributed by atoms with Crippen LogP contribution >= 0.6 is 11.3 Å². The lowest BCUT2D eigenvalue weighted by molar-refractivity contribution is 0.219. The number of hydrogen-bond acceptors (Lipinski definition) is 5. The van der Waals surface area contributed by atoms with Crippen LogP contribution in [0.2, 0.25) is 0 Å². The summed E-state index contributed by atoms with van der Waals surface area (Å²) in [5, 5.41) is 15.6. The molecule has 0 spiro atoms. The van der Waals surface area contributed by atoms with E-state index in [2.05, 4.69) is 39.6 Å². The van der Waals surface area contributed by atoms with E-state index in [1.165, 1.54) is 5.56 Å². The van der Waals surface area contributed by atoms with Gasteiger partial charge in [0.25, 0.3) is 0 Å². The summed E-state index contributed by atoms with van der Waals surface area (Å²) >= 11 is 1.64. The van der Waals surface area contributed by atoms with Crippen LogP contribution < -0.4 is 5.32 Å². The van der Waals surface area contributed by atoms with Crippen molar-refractivity contribution < 1.29 is 5.11 Å². The Labute approximate surface area is 129 Å². The Morgan fingerprint density at radius 2 is 2.29 bits per heavy atom. The lowest BCUT2D eigenvalue weighted by Gasteiger charge is -2.13. The standard InChI is InChI=1S/C16H21N3OS/c1-12-4-2-3-5-15(12)18-16-17-14(11-21-16)9-19-7-6-13(8-19)10-20/h2-5,11,13,20H,6-10H2,1H3,(H,17,18). The van der Waals surface area contributed by atoms with Gasteiger partial charge in [-0.05, 0) is 37.4 Å². The number of likely N-dealkylation sites (tertiary alicyclic amines) is 1. The van der Waals surface area contributed by atoms with Crippen molar-refractivity contribution in [2.24, 2.45) is 5.92 Å². The molecule has 1 saturated heterocycles. The molecule has 0 amide bonds. The van der Waals surface area contributed by atoms with Crippen LogP contribution in [0.1, 0.15) is 17.7 Å². The van der Waals surface area contributed by atoms with Crippen LogP contribution in [0.25, 0.3) is 0 Å². The zero-order valence-corrected chi connectivity index (χ0v) is 13.1. The second-order valence-electron chi connectivity index (χ2n) is 5.66. The Bertz CT molecular complexity index is 599. The van der Waals surface area contributed by atoms with Crippen molar-refractivity contribution in [2.45, 2.75) is 19.9 Å². The molecule has 3 rings (SSSR count). The summed E-state index contributed by atoms with van der Waals surface area (Å²) < 4.78 is 0. The van der Waals surface area contributed by atoms with Gasteiger partial charge in [-0.2, -0.15) is 0 Å². The van der Waals surface area contributed by atoms with E-state index in [0.717, 1.165) is 42.6 Å². The van der Waals surface area contributed by atoms with Gasteiger partial charge in [-0.3, -0.25) is 4.90 Å². The molecule has 2 heterocycles. The van der Waals surface area contributed by atoms with Gasteiger partial charge in [-0.1, -0.05) is 18.2 Å². The van der Waals surface area contributed by atoms with Crippen LogP contribution in [-0.2, 0) is 6.54 Å². The van der Waals surface area contributed by atoms with Gasteiger partial charge in [0.05, 0.1) is 5.69 Å². The van der Waals surface area contributed by atoms with Gasteiger partial charge in [0.1, 0.15) is 0 Å². The first-order valence-corrected chi connectivity index (χ1v) is 8.23. The molecule has 0 radical (unpaired) electrons. The molecule has 2 aromatic rings. The van der Waals surface area contributed by atoms with Gasteiger partial charge < -0.3 is 10.4 Å². The van der Waals surface area contributed by atoms with Crippen molar-refractivity contribution in [3.63, 3.8) is 0 Å². The number of aromatic nitrogens is 1. The Kier molecular flexibility index (Phi) is 4.53. The molecular weight excluding hydrogens is 282 g/mol. The molecule has 0 aliphatic carbocycles. The fourth-order valence-corrected chi connectivity index (χ4v) is 3.41. The SMILES string of the molecule is Cc1ccccc1Nc1nc(CN2CCC(CO)C2)cs1. The van der Waals surface area contributed by atoms with Crippen molar-refractivity contribution in [1.29, 1.82) is 0 Å². The summed E-state index contributed by atoms with van der Waals surface area (Å²) in [4.78, 5) is 7.03. The highest BCUT2D eigenvalue weighted by atomic mass is 32.1. The Balaban J connectivity index is 1.60. The molecule has 112 valence electrons. The van der Waals surface area contributed by atoms with Gasteiger partial charge in [0.2, 0.25) is 0 Å². The van der Waals surface area contributed by atoms with Crippen molar-refractivity contribution in [3.8, 4) is 0 Å². The smallest absolute Gasteiger partial charge is 0.187 e. The van der Waals surface area contributed by atoms with E-state index in [4.69, 9.17) is 0 Å².